The molecule has 0 bridgehead atoms. The van der Waals surface area contributed by atoms with Gasteiger partial charge in [0.1, 0.15) is 0 Å². The molecule has 0 fully saturated rings. The number of amides is 1. The molecule has 34 heavy (non-hydrogen) atoms. The van der Waals surface area contributed by atoms with Crippen molar-refractivity contribution in [3.63, 3.8) is 0 Å². The van der Waals surface area contributed by atoms with Crippen LogP contribution in [0.3, 0.4) is 0 Å². The summed E-state index contributed by atoms with van der Waals surface area (Å²) in [7, 11) is -6.00. The number of rotatable bonds is 7. The highest BCUT2D eigenvalue weighted by Crippen LogP contribution is 2.25. The molecule has 3 aromatic rings. The molecule has 0 saturated heterocycles. The molecule has 0 radical (unpaired) electrons. The van der Waals surface area contributed by atoms with Crippen molar-refractivity contribution in [2.24, 2.45) is 0 Å². The first kappa shape index (κ1) is 25.3. The van der Waals surface area contributed by atoms with E-state index in [1.54, 1.807) is 43.3 Å². The Morgan fingerprint density at radius 1 is 0.853 bits per heavy atom. The summed E-state index contributed by atoms with van der Waals surface area (Å²) < 4.78 is 53.6. The van der Waals surface area contributed by atoms with Gasteiger partial charge in [0.05, 0.1) is 22.5 Å². The largest absolute Gasteiger partial charge is 0.322 e. The minimum absolute atomic E-state index is 0.00776. The molecule has 0 unspecified atom stereocenters. The van der Waals surface area contributed by atoms with E-state index in [1.165, 1.54) is 25.2 Å². The van der Waals surface area contributed by atoms with Crippen LogP contribution in [0.5, 0.6) is 0 Å². The molecule has 3 rings (SSSR count). The second-order valence-corrected chi connectivity index (χ2v) is 11.7. The molecule has 0 aliphatic carbocycles. The predicted molar refractivity (Wildman–Crippen MR) is 136 cm³/mol. The van der Waals surface area contributed by atoms with Crippen LogP contribution in [-0.4, -0.2) is 36.0 Å². The molecule has 10 heteroatoms. The molecule has 180 valence electrons. The number of hydrogen-bond donors (Lipinski definition) is 2. The van der Waals surface area contributed by atoms with Gasteiger partial charge in [-0.2, -0.15) is 0 Å². The molecule has 2 N–H and O–H groups in total. The highest BCUT2D eigenvalue weighted by molar-refractivity contribution is 7.92. The van der Waals surface area contributed by atoms with Gasteiger partial charge in [0, 0.05) is 18.3 Å². The van der Waals surface area contributed by atoms with Crippen LogP contribution in [0.4, 0.5) is 17.1 Å². The average Bonchev–Trinajstić information content (AvgIpc) is 2.76. The van der Waals surface area contributed by atoms with Crippen molar-refractivity contribution in [1.82, 2.24) is 0 Å². The van der Waals surface area contributed by atoms with Crippen LogP contribution in [0, 0.1) is 20.8 Å². The monoisotopic (exact) mass is 501 g/mol. The number of sulfonamides is 2. The maximum absolute atomic E-state index is 13.1. The summed E-state index contributed by atoms with van der Waals surface area (Å²) in [4.78, 5) is 12.9. The number of carbonyl (C=O) groups excluding carboxylic acids is 1. The van der Waals surface area contributed by atoms with Gasteiger partial charge < -0.3 is 5.32 Å². The van der Waals surface area contributed by atoms with Gasteiger partial charge in [-0.3, -0.25) is 13.8 Å². The van der Waals surface area contributed by atoms with Gasteiger partial charge in [-0.15, -0.1) is 0 Å². The first-order valence-corrected chi connectivity index (χ1v) is 13.7. The van der Waals surface area contributed by atoms with E-state index in [-0.39, 0.29) is 10.5 Å². The van der Waals surface area contributed by atoms with E-state index in [2.05, 4.69) is 10.0 Å². The Bertz CT molecular complexity index is 1470. The topological polar surface area (TPSA) is 113 Å². The maximum atomic E-state index is 13.1. The van der Waals surface area contributed by atoms with E-state index >= 15 is 0 Å². The highest BCUT2D eigenvalue weighted by Gasteiger charge is 2.21. The van der Waals surface area contributed by atoms with Crippen molar-refractivity contribution >= 4 is 43.0 Å². The summed E-state index contributed by atoms with van der Waals surface area (Å²) in [6.45, 7) is 5.38. The molecule has 0 aliphatic heterocycles. The third-order valence-corrected chi connectivity index (χ3v) is 8.27. The quantitative estimate of drug-likeness (QED) is 0.507. The predicted octanol–water partition coefficient (Wildman–Crippen LogP) is 4.06. The molecule has 1 amide bonds. The standard InChI is InChI=1S/C24H27N3O5S2/c1-16-8-6-11-22(18(16)3)26-34(31,32)23-14-19(13-12-17(23)2)24(28)25-20-9-7-10-21(15-20)27(4)33(5,29)30/h6-15,26H,1-5H3,(H,25,28). The van der Waals surface area contributed by atoms with Gasteiger partial charge in [0.15, 0.2) is 0 Å². The first-order chi connectivity index (χ1) is 15.8. The first-order valence-electron chi connectivity index (χ1n) is 10.3. The molecule has 0 spiro atoms. The fraction of sp³-hybridized carbons (Fsp3) is 0.208. The Kier molecular flexibility index (Phi) is 7.04. The number of anilines is 3. The second-order valence-electron chi connectivity index (χ2n) is 8.07. The summed E-state index contributed by atoms with van der Waals surface area (Å²) in [6, 6.07) is 16.1. The van der Waals surface area contributed by atoms with E-state index in [1.807, 2.05) is 19.9 Å². The lowest BCUT2D eigenvalue weighted by Gasteiger charge is -2.17. The van der Waals surface area contributed by atoms with Gasteiger partial charge in [-0.1, -0.05) is 24.3 Å². The Morgan fingerprint density at radius 2 is 1.53 bits per heavy atom. The summed E-state index contributed by atoms with van der Waals surface area (Å²) in [5.74, 6) is -0.526. The van der Waals surface area contributed by atoms with Gasteiger partial charge in [-0.05, 0) is 73.9 Å². The van der Waals surface area contributed by atoms with Crippen molar-refractivity contribution in [2.75, 3.05) is 27.6 Å². The third kappa shape index (κ3) is 5.57. The summed E-state index contributed by atoms with van der Waals surface area (Å²) in [6.07, 6.45) is 1.08. The van der Waals surface area contributed by atoms with Gasteiger partial charge in [-0.25, -0.2) is 16.8 Å². The van der Waals surface area contributed by atoms with Crippen LogP contribution in [0.1, 0.15) is 27.0 Å². The highest BCUT2D eigenvalue weighted by atomic mass is 32.2. The second kappa shape index (κ2) is 9.47. The zero-order chi connectivity index (χ0) is 25.3. The summed E-state index contributed by atoms with van der Waals surface area (Å²) >= 11 is 0. The molecule has 0 heterocycles. The van der Waals surface area contributed by atoms with E-state index in [0.29, 0.717) is 22.6 Å². The fourth-order valence-electron chi connectivity index (χ4n) is 3.27. The van der Waals surface area contributed by atoms with Crippen molar-refractivity contribution in [3.05, 3.63) is 82.9 Å². The Morgan fingerprint density at radius 3 is 2.21 bits per heavy atom. The van der Waals surface area contributed by atoms with Gasteiger partial charge in [0.25, 0.3) is 15.9 Å². The van der Waals surface area contributed by atoms with Crippen LogP contribution < -0.4 is 14.3 Å². The van der Waals surface area contributed by atoms with E-state index in [9.17, 15) is 21.6 Å². The molecule has 3 aromatic carbocycles. The van der Waals surface area contributed by atoms with E-state index < -0.39 is 26.0 Å². The molecule has 0 aromatic heterocycles. The van der Waals surface area contributed by atoms with Crippen LogP contribution in [-0.2, 0) is 20.0 Å². The lowest BCUT2D eigenvalue weighted by molar-refractivity contribution is 0.102. The van der Waals surface area contributed by atoms with E-state index in [4.69, 9.17) is 0 Å². The van der Waals surface area contributed by atoms with Crippen LogP contribution in [0.2, 0.25) is 0 Å². The molecule has 0 aliphatic rings. The molecular weight excluding hydrogens is 474 g/mol. The molecule has 0 atom stereocenters. The Balaban J connectivity index is 1.89. The number of benzene rings is 3. The maximum Gasteiger partial charge on any atom is 0.262 e. The average molecular weight is 502 g/mol. The SMILES string of the molecule is Cc1ccc(C(=O)Nc2cccc(N(C)S(C)(=O)=O)c2)cc1S(=O)(=O)Nc1cccc(C)c1C. The van der Waals surface area contributed by atoms with Crippen LogP contribution in [0.15, 0.2) is 65.6 Å². The number of hydrogen-bond acceptors (Lipinski definition) is 5. The summed E-state index contributed by atoms with van der Waals surface area (Å²) in [5.41, 5.74) is 3.63. The Labute approximate surface area is 200 Å². The zero-order valence-corrected chi connectivity index (χ0v) is 21.2. The van der Waals surface area contributed by atoms with Crippen molar-refractivity contribution in [3.8, 4) is 0 Å². The summed E-state index contributed by atoms with van der Waals surface area (Å²) in [5, 5.41) is 2.69. The van der Waals surface area contributed by atoms with E-state index in [0.717, 1.165) is 21.7 Å². The normalized spacial score (nSPS) is 11.7. The minimum Gasteiger partial charge on any atom is -0.322 e. The third-order valence-electron chi connectivity index (χ3n) is 5.55. The molecule has 8 nitrogen and oxygen atoms in total. The fourth-order valence-corrected chi connectivity index (χ4v) is 5.16. The van der Waals surface area contributed by atoms with Crippen molar-refractivity contribution in [1.29, 1.82) is 0 Å². The molecular formula is C24H27N3O5S2. The minimum atomic E-state index is -3.95. The smallest absolute Gasteiger partial charge is 0.262 e. The number of carbonyl (C=O) groups is 1. The van der Waals surface area contributed by atoms with Gasteiger partial charge in [0.2, 0.25) is 10.0 Å². The lowest BCUT2D eigenvalue weighted by atomic mass is 10.1. The van der Waals surface area contributed by atoms with Crippen LogP contribution in [0.25, 0.3) is 0 Å². The number of aryl methyl sites for hydroxylation is 2. The van der Waals surface area contributed by atoms with Crippen molar-refractivity contribution < 1.29 is 21.6 Å². The number of nitrogens with one attached hydrogen (secondary N) is 2. The Hall–Kier alpha value is -3.37. The zero-order valence-electron chi connectivity index (χ0n) is 19.6. The van der Waals surface area contributed by atoms with Crippen LogP contribution >= 0.6 is 0 Å². The lowest BCUT2D eigenvalue weighted by Crippen LogP contribution is -2.25. The molecule has 0 saturated carbocycles. The van der Waals surface area contributed by atoms with Gasteiger partial charge >= 0.3 is 0 Å². The number of nitrogens with zero attached hydrogens (tertiary/aromatic N) is 1. The van der Waals surface area contributed by atoms with Crippen molar-refractivity contribution in [2.45, 2.75) is 25.7 Å².